The van der Waals surface area contributed by atoms with E-state index in [1.54, 1.807) is 0 Å². The second-order valence-electron chi connectivity index (χ2n) is 6.34. The molecule has 116 valence electrons. The molecule has 1 aliphatic rings. The van der Waals surface area contributed by atoms with Gasteiger partial charge in [0.05, 0.1) is 6.04 Å². The lowest BCUT2D eigenvalue weighted by atomic mass is 9.95. The molecule has 0 saturated carbocycles. The van der Waals surface area contributed by atoms with Crippen LogP contribution in [0.3, 0.4) is 0 Å². The Bertz CT molecular complexity index is 503. The molecule has 3 atom stereocenters. The zero-order valence-corrected chi connectivity index (χ0v) is 13.1. The molecule has 2 rings (SSSR count). The third kappa shape index (κ3) is 3.56. The van der Waals surface area contributed by atoms with Crippen molar-refractivity contribution in [3.8, 4) is 0 Å². The van der Waals surface area contributed by atoms with Gasteiger partial charge in [-0.15, -0.1) is 0 Å². The monoisotopic (exact) mass is 290 g/mol. The van der Waals surface area contributed by atoms with Crippen molar-refractivity contribution in [3.05, 3.63) is 35.4 Å². The van der Waals surface area contributed by atoms with Gasteiger partial charge in [0.25, 0.3) is 0 Å². The standard InChI is InChI=1S/C17H26N2O2/c1-4-17(3,9-10-20)19-16(21)18-15-12(2)11-13-7-5-6-8-14(13)15/h5-8,12,15,20H,4,9-11H2,1-3H3,(H2,18,19,21). The summed E-state index contributed by atoms with van der Waals surface area (Å²) in [5.41, 5.74) is 2.18. The minimum atomic E-state index is -0.361. The highest BCUT2D eigenvalue weighted by Crippen LogP contribution is 2.35. The van der Waals surface area contributed by atoms with E-state index in [-0.39, 0.29) is 24.2 Å². The normalized spacial score (nSPS) is 23.2. The Morgan fingerprint density at radius 1 is 1.43 bits per heavy atom. The molecule has 3 N–H and O–H groups in total. The number of urea groups is 1. The Kier molecular flexibility index (Phi) is 4.88. The van der Waals surface area contributed by atoms with Crippen LogP contribution in [-0.4, -0.2) is 23.3 Å². The number of amides is 2. The Morgan fingerprint density at radius 2 is 2.14 bits per heavy atom. The number of hydrogen-bond acceptors (Lipinski definition) is 2. The molecule has 0 aliphatic heterocycles. The number of rotatable bonds is 5. The van der Waals surface area contributed by atoms with E-state index in [0.717, 1.165) is 12.8 Å². The molecule has 21 heavy (non-hydrogen) atoms. The predicted octanol–water partition coefficient (Wildman–Crippen LogP) is 2.77. The van der Waals surface area contributed by atoms with Crippen LogP contribution in [-0.2, 0) is 6.42 Å². The molecule has 1 aromatic carbocycles. The average molecular weight is 290 g/mol. The summed E-state index contributed by atoms with van der Waals surface area (Å²) < 4.78 is 0. The van der Waals surface area contributed by atoms with Crippen molar-refractivity contribution >= 4 is 6.03 Å². The molecule has 0 saturated heterocycles. The van der Waals surface area contributed by atoms with E-state index in [1.807, 2.05) is 26.0 Å². The van der Waals surface area contributed by atoms with Gasteiger partial charge in [-0.2, -0.15) is 0 Å². The lowest BCUT2D eigenvalue weighted by Crippen LogP contribution is -2.51. The van der Waals surface area contributed by atoms with Gasteiger partial charge in [-0.1, -0.05) is 38.1 Å². The van der Waals surface area contributed by atoms with Crippen molar-refractivity contribution in [1.82, 2.24) is 10.6 Å². The van der Waals surface area contributed by atoms with Crippen LogP contribution in [0.2, 0.25) is 0 Å². The fraction of sp³-hybridized carbons (Fsp3) is 0.588. The molecule has 1 aromatic rings. The number of aliphatic hydroxyl groups is 1. The van der Waals surface area contributed by atoms with Crippen LogP contribution in [0.1, 0.15) is 50.8 Å². The maximum atomic E-state index is 12.3. The summed E-state index contributed by atoms with van der Waals surface area (Å²) >= 11 is 0. The van der Waals surface area contributed by atoms with Crippen molar-refractivity contribution in [2.24, 2.45) is 5.92 Å². The molecule has 1 aliphatic carbocycles. The number of aliphatic hydroxyl groups excluding tert-OH is 1. The Balaban J connectivity index is 2.03. The summed E-state index contributed by atoms with van der Waals surface area (Å²) in [4.78, 5) is 12.3. The highest BCUT2D eigenvalue weighted by molar-refractivity contribution is 5.75. The second kappa shape index (κ2) is 6.48. The molecular weight excluding hydrogens is 264 g/mol. The summed E-state index contributed by atoms with van der Waals surface area (Å²) in [6.45, 7) is 6.23. The lowest BCUT2D eigenvalue weighted by molar-refractivity contribution is 0.196. The highest BCUT2D eigenvalue weighted by Gasteiger charge is 2.31. The van der Waals surface area contributed by atoms with Crippen molar-refractivity contribution in [3.63, 3.8) is 0 Å². The van der Waals surface area contributed by atoms with Crippen molar-refractivity contribution in [2.45, 2.75) is 51.6 Å². The molecule has 2 amide bonds. The summed E-state index contributed by atoms with van der Waals surface area (Å²) in [6.07, 6.45) is 2.36. The third-order valence-corrected chi connectivity index (χ3v) is 4.65. The van der Waals surface area contributed by atoms with Crippen molar-refractivity contribution in [2.75, 3.05) is 6.61 Å². The zero-order chi connectivity index (χ0) is 15.5. The lowest BCUT2D eigenvalue weighted by Gasteiger charge is -2.30. The topological polar surface area (TPSA) is 61.4 Å². The molecule has 0 heterocycles. The van der Waals surface area contributed by atoms with Gasteiger partial charge in [-0.3, -0.25) is 0 Å². The maximum absolute atomic E-state index is 12.3. The number of carbonyl (C=O) groups is 1. The van der Waals surface area contributed by atoms with Gasteiger partial charge in [0.1, 0.15) is 0 Å². The molecular formula is C17H26N2O2. The molecule has 4 nitrogen and oxygen atoms in total. The molecule has 0 radical (unpaired) electrons. The number of nitrogens with one attached hydrogen (secondary N) is 2. The van der Waals surface area contributed by atoms with Crippen LogP contribution >= 0.6 is 0 Å². The molecule has 0 fully saturated rings. The number of carbonyl (C=O) groups excluding carboxylic acids is 1. The van der Waals surface area contributed by atoms with Gasteiger partial charge in [-0.25, -0.2) is 4.79 Å². The summed E-state index contributed by atoms with van der Waals surface area (Å²) in [6, 6.07) is 8.20. The zero-order valence-electron chi connectivity index (χ0n) is 13.1. The van der Waals surface area contributed by atoms with Crippen molar-refractivity contribution < 1.29 is 9.90 Å². The third-order valence-electron chi connectivity index (χ3n) is 4.65. The first-order valence-electron chi connectivity index (χ1n) is 7.76. The van der Waals surface area contributed by atoms with Crippen LogP contribution in [0.25, 0.3) is 0 Å². The maximum Gasteiger partial charge on any atom is 0.315 e. The molecule has 4 heteroatoms. The Labute approximate surface area is 126 Å². The molecule has 0 bridgehead atoms. The summed E-state index contributed by atoms with van der Waals surface area (Å²) in [5.74, 6) is 0.402. The molecule has 0 aromatic heterocycles. The van der Waals surface area contributed by atoms with Crippen molar-refractivity contribution in [1.29, 1.82) is 0 Å². The molecule has 0 spiro atoms. The minimum absolute atomic E-state index is 0.0661. The fourth-order valence-electron chi connectivity index (χ4n) is 3.04. The smallest absolute Gasteiger partial charge is 0.315 e. The summed E-state index contributed by atoms with van der Waals surface area (Å²) in [5, 5.41) is 15.2. The Hall–Kier alpha value is -1.55. The van der Waals surface area contributed by atoms with Crippen LogP contribution in [0.4, 0.5) is 4.79 Å². The predicted molar refractivity (Wildman–Crippen MR) is 84.1 cm³/mol. The van der Waals surface area contributed by atoms with E-state index < -0.39 is 0 Å². The average Bonchev–Trinajstić information content (AvgIpc) is 2.75. The number of fused-ring (bicyclic) bond motifs is 1. The largest absolute Gasteiger partial charge is 0.396 e. The minimum Gasteiger partial charge on any atom is -0.396 e. The van der Waals surface area contributed by atoms with E-state index >= 15 is 0 Å². The van der Waals surface area contributed by atoms with Gasteiger partial charge in [0.15, 0.2) is 0 Å². The van der Waals surface area contributed by atoms with Gasteiger partial charge < -0.3 is 15.7 Å². The van der Waals surface area contributed by atoms with Crippen LogP contribution < -0.4 is 10.6 Å². The first-order chi connectivity index (χ1) is 9.99. The Morgan fingerprint density at radius 3 is 2.81 bits per heavy atom. The van der Waals surface area contributed by atoms with E-state index in [2.05, 4.69) is 29.7 Å². The van der Waals surface area contributed by atoms with E-state index in [9.17, 15) is 4.79 Å². The van der Waals surface area contributed by atoms with Crippen LogP contribution in [0.5, 0.6) is 0 Å². The number of benzene rings is 1. The van der Waals surface area contributed by atoms with E-state index in [1.165, 1.54) is 11.1 Å². The first-order valence-corrected chi connectivity index (χ1v) is 7.76. The second-order valence-corrected chi connectivity index (χ2v) is 6.34. The highest BCUT2D eigenvalue weighted by atomic mass is 16.3. The fourth-order valence-corrected chi connectivity index (χ4v) is 3.04. The van der Waals surface area contributed by atoms with Crippen LogP contribution in [0.15, 0.2) is 24.3 Å². The van der Waals surface area contributed by atoms with E-state index in [0.29, 0.717) is 12.3 Å². The van der Waals surface area contributed by atoms with E-state index in [4.69, 9.17) is 5.11 Å². The summed E-state index contributed by atoms with van der Waals surface area (Å²) in [7, 11) is 0. The van der Waals surface area contributed by atoms with Gasteiger partial charge in [0.2, 0.25) is 0 Å². The van der Waals surface area contributed by atoms with Gasteiger partial charge in [-0.05, 0) is 43.2 Å². The van der Waals surface area contributed by atoms with Gasteiger partial charge in [0, 0.05) is 12.1 Å². The van der Waals surface area contributed by atoms with Gasteiger partial charge >= 0.3 is 6.03 Å². The first kappa shape index (κ1) is 15.8. The molecule has 3 unspecified atom stereocenters. The SMILES string of the molecule is CCC(C)(CCO)NC(=O)NC1c2ccccc2CC1C. The quantitative estimate of drug-likeness (QED) is 0.781. The number of hydrogen-bond donors (Lipinski definition) is 3. The van der Waals surface area contributed by atoms with Crippen LogP contribution in [0, 0.1) is 5.92 Å².